The second kappa shape index (κ2) is 10.2. The molecule has 0 aliphatic carbocycles. The fourth-order valence-electron chi connectivity index (χ4n) is 4.73. The van der Waals surface area contributed by atoms with Gasteiger partial charge in [-0.1, -0.05) is 47.7 Å². The second-order valence-corrected chi connectivity index (χ2v) is 9.65. The molecule has 0 radical (unpaired) electrons. The number of ether oxygens (including phenoxy) is 3. The van der Waals surface area contributed by atoms with E-state index in [0.717, 1.165) is 16.3 Å². The van der Waals surface area contributed by atoms with Gasteiger partial charge in [0.25, 0.3) is 5.56 Å². The van der Waals surface area contributed by atoms with Gasteiger partial charge in [-0.15, -0.1) is 0 Å². The van der Waals surface area contributed by atoms with E-state index in [1.165, 1.54) is 24.5 Å². The van der Waals surface area contributed by atoms with E-state index in [1.807, 2.05) is 36.4 Å². The number of thiazole rings is 1. The molecule has 0 saturated heterocycles. The molecule has 0 saturated carbocycles. The highest BCUT2D eigenvalue weighted by Crippen LogP contribution is 2.38. The fraction of sp³-hybridized carbons (Fsp3) is 0.207. The molecule has 9 heteroatoms. The average molecular weight is 531 g/mol. The molecule has 0 unspecified atom stereocenters. The summed E-state index contributed by atoms with van der Waals surface area (Å²) in [5, 5.41) is 11.7. The lowest BCUT2D eigenvalue weighted by Gasteiger charge is -2.26. The number of methoxy groups -OCH3 is 2. The summed E-state index contributed by atoms with van der Waals surface area (Å²) in [6, 6.07) is 15.5. The summed E-state index contributed by atoms with van der Waals surface area (Å²) in [4.78, 5) is 32.3. The molecule has 8 nitrogen and oxygen atoms in total. The molecule has 0 amide bonds. The minimum atomic E-state index is -0.752. The van der Waals surface area contributed by atoms with Crippen molar-refractivity contribution in [3.8, 4) is 17.2 Å². The van der Waals surface area contributed by atoms with Crippen molar-refractivity contribution in [3.63, 3.8) is 0 Å². The van der Waals surface area contributed by atoms with Crippen molar-refractivity contribution in [2.24, 2.45) is 4.99 Å². The molecule has 2 heterocycles. The first kappa shape index (κ1) is 25.3. The zero-order valence-corrected chi connectivity index (χ0v) is 22.2. The lowest BCUT2D eigenvalue weighted by Crippen LogP contribution is -2.40. The van der Waals surface area contributed by atoms with E-state index in [1.54, 1.807) is 43.7 Å². The maximum Gasteiger partial charge on any atom is 0.338 e. The minimum Gasteiger partial charge on any atom is -0.504 e. The first-order valence-corrected chi connectivity index (χ1v) is 12.8. The third kappa shape index (κ3) is 4.24. The molecular formula is C29H26N2O6S. The van der Waals surface area contributed by atoms with Gasteiger partial charge in [-0.3, -0.25) is 9.36 Å². The van der Waals surface area contributed by atoms with Crippen LogP contribution >= 0.6 is 11.3 Å². The van der Waals surface area contributed by atoms with Gasteiger partial charge in [0.15, 0.2) is 16.3 Å². The van der Waals surface area contributed by atoms with Crippen LogP contribution in [0.5, 0.6) is 17.2 Å². The number of nitrogens with zero attached hydrogens (tertiary/aromatic N) is 2. The Morgan fingerprint density at radius 1 is 1.08 bits per heavy atom. The van der Waals surface area contributed by atoms with Crippen molar-refractivity contribution < 1.29 is 24.1 Å². The molecule has 1 aromatic heterocycles. The number of benzene rings is 3. The number of esters is 1. The van der Waals surface area contributed by atoms with Crippen LogP contribution in [0.15, 0.2) is 75.7 Å². The molecule has 4 aromatic rings. The molecule has 194 valence electrons. The quantitative estimate of drug-likeness (QED) is 0.382. The Kier molecular flexibility index (Phi) is 6.77. The SMILES string of the molecule is CCOC(=O)C1=C(C)N=c2sc(=Cc3ccc(O)c(OC)c3)c(=O)n2[C@@H]1c1ccc(OC)c2ccccc12. The van der Waals surface area contributed by atoms with E-state index in [2.05, 4.69) is 4.99 Å². The van der Waals surface area contributed by atoms with Crippen molar-refractivity contribution >= 4 is 34.2 Å². The van der Waals surface area contributed by atoms with Gasteiger partial charge in [0.2, 0.25) is 0 Å². The van der Waals surface area contributed by atoms with E-state index in [0.29, 0.717) is 37.7 Å². The second-order valence-electron chi connectivity index (χ2n) is 8.64. The van der Waals surface area contributed by atoms with Crippen LogP contribution in [0.1, 0.15) is 31.0 Å². The van der Waals surface area contributed by atoms with Gasteiger partial charge in [0, 0.05) is 5.39 Å². The Balaban J connectivity index is 1.80. The van der Waals surface area contributed by atoms with Crippen molar-refractivity contribution in [2.45, 2.75) is 19.9 Å². The molecule has 5 rings (SSSR count). The van der Waals surface area contributed by atoms with Crippen LogP contribution in [0.25, 0.3) is 16.8 Å². The highest BCUT2D eigenvalue weighted by molar-refractivity contribution is 7.07. The monoisotopic (exact) mass is 530 g/mol. The third-order valence-corrected chi connectivity index (χ3v) is 7.43. The summed E-state index contributed by atoms with van der Waals surface area (Å²) >= 11 is 1.23. The number of fused-ring (bicyclic) bond motifs is 2. The lowest BCUT2D eigenvalue weighted by atomic mass is 9.91. The number of allylic oxidation sites excluding steroid dienone is 1. The average Bonchev–Trinajstić information content (AvgIpc) is 3.22. The van der Waals surface area contributed by atoms with Gasteiger partial charge in [-0.25, -0.2) is 9.79 Å². The Labute approximate surface area is 222 Å². The zero-order valence-electron chi connectivity index (χ0n) is 21.3. The number of hydrogen-bond acceptors (Lipinski definition) is 8. The van der Waals surface area contributed by atoms with E-state index in [4.69, 9.17) is 14.2 Å². The maximum absolute atomic E-state index is 13.9. The van der Waals surface area contributed by atoms with Gasteiger partial charge in [-0.05, 0) is 54.6 Å². The highest BCUT2D eigenvalue weighted by Gasteiger charge is 2.34. The maximum atomic E-state index is 13.9. The Bertz CT molecular complexity index is 1780. The van der Waals surface area contributed by atoms with Crippen LogP contribution in [-0.4, -0.2) is 36.5 Å². The Hall–Kier alpha value is -4.37. The molecule has 3 aromatic carbocycles. The summed E-state index contributed by atoms with van der Waals surface area (Å²) in [6.45, 7) is 3.69. The van der Waals surface area contributed by atoms with E-state index in [9.17, 15) is 14.7 Å². The molecule has 1 N–H and O–H groups in total. The number of rotatable bonds is 6. The smallest absolute Gasteiger partial charge is 0.338 e. The topological polar surface area (TPSA) is 99.4 Å². The summed E-state index contributed by atoms with van der Waals surface area (Å²) < 4.78 is 18.2. The highest BCUT2D eigenvalue weighted by atomic mass is 32.1. The summed E-state index contributed by atoms with van der Waals surface area (Å²) in [7, 11) is 3.07. The molecule has 1 aliphatic heterocycles. The van der Waals surface area contributed by atoms with Gasteiger partial charge < -0.3 is 19.3 Å². The van der Waals surface area contributed by atoms with Gasteiger partial charge in [0.1, 0.15) is 5.75 Å². The van der Waals surface area contributed by atoms with E-state index >= 15 is 0 Å². The third-order valence-electron chi connectivity index (χ3n) is 6.45. The predicted molar refractivity (Wildman–Crippen MR) is 146 cm³/mol. The van der Waals surface area contributed by atoms with Gasteiger partial charge >= 0.3 is 5.97 Å². The summed E-state index contributed by atoms with van der Waals surface area (Å²) in [5.41, 5.74) is 1.95. The van der Waals surface area contributed by atoms with Crippen LogP contribution in [0.2, 0.25) is 0 Å². The first-order chi connectivity index (χ1) is 18.4. The van der Waals surface area contributed by atoms with Gasteiger partial charge in [0.05, 0.1) is 42.7 Å². The minimum absolute atomic E-state index is 0.00666. The van der Waals surface area contributed by atoms with Crippen LogP contribution in [0.3, 0.4) is 0 Å². The molecule has 0 spiro atoms. The first-order valence-electron chi connectivity index (χ1n) is 12.0. The summed E-state index contributed by atoms with van der Waals surface area (Å²) in [6.07, 6.45) is 1.72. The number of phenolic OH excluding ortho intramolecular Hbond substituents is 1. The molecule has 1 atom stereocenters. The molecule has 0 fully saturated rings. The van der Waals surface area contributed by atoms with Crippen LogP contribution < -0.4 is 24.4 Å². The summed E-state index contributed by atoms with van der Waals surface area (Å²) in [5.74, 6) is 0.481. The van der Waals surface area contributed by atoms with Crippen molar-refractivity contribution in [3.05, 3.63) is 96.7 Å². The lowest BCUT2D eigenvalue weighted by molar-refractivity contribution is -0.139. The van der Waals surface area contributed by atoms with Crippen molar-refractivity contribution in [1.82, 2.24) is 4.57 Å². The molecule has 0 bridgehead atoms. The largest absolute Gasteiger partial charge is 0.504 e. The standard InChI is InChI=1S/C29H26N2O6S/c1-5-37-28(34)25-16(2)30-29-31(26(25)20-11-13-22(35-3)19-9-7-6-8-18(19)20)27(33)24(38-29)15-17-10-12-21(32)23(14-17)36-4/h6-15,26,32H,5H2,1-4H3/t26-/m1/s1. The number of phenols is 1. The Morgan fingerprint density at radius 3 is 2.53 bits per heavy atom. The number of aromatic hydroxyl groups is 1. The number of carbonyl (C=O) groups excluding carboxylic acids is 1. The number of carbonyl (C=O) groups is 1. The van der Waals surface area contributed by atoms with Crippen molar-refractivity contribution in [1.29, 1.82) is 0 Å². The van der Waals surface area contributed by atoms with Gasteiger partial charge in [-0.2, -0.15) is 0 Å². The van der Waals surface area contributed by atoms with Crippen LogP contribution in [-0.2, 0) is 9.53 Å². The Morgan fingerprint density at radius 2 is 1.82 bits per heavy atom. The van der Waals surface area contributed by atoms with E-state index in [-0.39, 0.29) is 17.9 Å². The fourth-order valence-corrected chi connectivity index (χ4v) is 5.78. The molecule has 1 aliphatic rings. The van der Waals surface area contributed by atoms with Crippen LogP contribution in [0, 0.1) is 0 Å². The molecular weight excluding hydrogens is 504 g/mol. The zero-order chi connectivity index (χ0) is 27.0. The number of hydrogen-bond donors (Lipinski definition) is 1. The molecule has 38 heavy (non-hydrogen) atoms. The van der Waals surface area contributed by atoms with E-state index < -0.39 is 12.0 Å². The number of aromatic nitrogens is 1. The van der Waals surface area contributed by atoms with Crippen LogP contribution in [0.4, 0.5) is 0 Å². The predicted octanol–water partition coefficient (Wildman–Crippen LogP) is 3.67. The normalized spacial score (nSPS) is 15.3. The van der Waals surface area contributed by atoms with Crippen molar-refractivity contribution in [2.75, 3.05) is 20.8 Å².